The third-order valence-electron chi connectivity index (χ3n) is 1.05. The third kappa shape index (κ3) is 4.39. The summed E-state index contributed by atoms with van der Waals surface area (Å²) in [6.45, 7) is 11.5. The lowest BCUT2D eigenvalue weighted by molar-refractivity contribution is -0.0351. The van der Waals surface area contributed by atoms with Crippen molar-refractivity contribution in [2.45, 2.75) is 39.4 Å². The second kappa shape index (κ2) is 3.06. The molecule has 0 aliphatic carbocycles. The van der Waals surface area contributed by atoms with Gasteiger partial charge in [-0.2, -0.15) is 0 Å². The number of ether oxygens (including phenoxy) is 1. The van der Waals surface area contributed by atoms with Crippen molar-refractivity contribution in [1.29, 1.82) is 0 Å². The van der Waals surface area contributed by atoms with E-state index in [1.807, 2.05) is 27.7 Å². The van der Waals surface area contributed by atoms with E-state index in [1.54, 1.807) is 0 Å². The van der Waals surface area contributed by atoms with E-state index in [-0.39, 0.29) is 11.7 Å². The summed E-state index contributed by atoms with van der Waals surface area (Å²) >= 11 is 0. The van der Waals surface area contributed by atoms with Crippen LogP contribution in [0.4, 0.5) is 0 Å². The Morgan fingerprint density at radius 3 is 2.00 bits per heavy atom. The first-order valence-corrected chi connectivity index (χ1v) is 3.45. The summed E-state index contributed by atoms with van der Waals surface area (Å²) < 4.78 is 5.47. The first-order valence-electron chi connectivity index (χ1n) is 3.45. The lowest BCUT2D eigenvalue weighted by Gasteiger charge is -2.24. The van der Waals surface area contributed by atoms with Crippen molar-refractivity contribution in [3.05, 3.63) is 12.3 Å². The predicted molar refractivity (Wildman–Crippen MR) is 43.6 cm³/mol. The zero-order valence-corrected chi connectivity index (χ0v) is 7.27. The van der Waals surface area contributed by atoms with E-state index >= 15 is 0 Å². The van der Waals surface area contributed by atoms with Crippen molar-refractivity contribution in [3.63, 3.8) is 0 Å². The average Bonchev–Trinajstić information content (AvgIpc) is 1.60. The van der Waals surface area contributed by atoms with Gasteiger partial charge >= 0.3 is 0 Å². The van der Waals surface area contributed by atoms with Crippen LogP contribution in [0.3, 0.4) is 0 Å². The fraction of sp³-hybridized carbons (Fsp3) is 0.750. The van der Waals surface area contributed by atoms with Gasteiger partial charge in [0, 0.05) is 5.70 Å². The molecule has 0 bridgehead atoms. The number of hydrogen-bond donors (Lipinski definition) is 1. The van der Waals surface area contributed by atoms with Crippen molar-refractivity contribution in [2.24, 2.45) is 5.73 Å². The molecule has 0 radical (unpaired) electrons. The van der Waals surface area contributed by atoms with Gasteiger partial charge in [0.15, 0.2) is 0 Å². The molecule has 0 aromatic carbocycles. The summed E-state index contributed by atoms with van der Waals surface area (Å²) in [5.74, 6) is 0. The van der Waals surface area contributed by atoms with Crippen molar-refractivity contribution < 1.29 is 4.74 Å². The van der Waals surface area contributed by atoms with Crippen LogP contribution in [0.15, 0.2) is 12.3 Å². The van der Waals surface area contributed by atoms with Gasteiger partial charge in [-0.05, 0) is 27.7 Å². The molecule has 1 atom stereocenters. The van der Waals surface area contributed by atoms with E-state index in [1.165, 1.54) is 0 Å². The SMILES string of the molecule is C=C(N)C(C)OC(C)(C)C. The lowest BCUT2D eigenvalue weighted by Crippen LogP contribution is -2.28. The Morgan fingerprint density at radius 1 is 1.50 bits per heavy atom. The highest BCUT2D eigenvalue weighted by Gasteiger charge is 2.15. The topological polar surface area (TPSA) is 35.2 Å². The van der Waals surface area contributed by atoms with Crippen LogP contribution >= 0.6 is 0 Å². The van der Waals surface area contributed by atoms with Crippen LogP contribution in [0, 0.1) is 0 Å². The molecule has 0 spiro atoms. The molecule has 0 heterocycles. The van der Waals surface area contributed by atoms with E-state index in [9.17, 15) is 0 Å². The normalized spacial score (nSPS) is 14.8. The second-order valence-corrected chi connectivity index (χ2v) is 3.45. The monoisotopic (exact) mass is 143 g/mol. The Hall–Kier alpha value is -0.500. The fourth-order valence-corrected chi connectivity index (χ4v) is 0.606. The summed E-state index contributed by atoms with van der Waals surface area (Å²) in [5.41, 5.74) is 5.87. The molecule has 0 aliphatic heterocycles. The van der Waals surface area contributed by atoms with Gasteiger partial charge in [0.1, 0.15) is 0 Å². The van der Waals surface area contributed by atoms with Gasteiger partial charge in [-0.3, -0.25) is 0 Å². The molecule has 0 aliphatic rings. The maximum atomic E-state index is 5.47. The minimum absolute atomic E-state index is 0.0556. The fourth-order valence-electron chi connectivity index (χ4n) is 0.606. The van der Waals surface area contributed by atoms with Crippen LogP contribution in [0.5, 0.6) is 0 Å². The number of hydrogen-bond acceptors (Lipinski definition) is 2. The molecule has 0 amide bonds. The Labute approximate surface area is 63.1 Å². The van der Waals surface area contributed by atoms with Crippen LogP contribution < -0.4 is 5.73 Å². The zero-order chi connectivity index (χ0) is 8.36. The van der Waals surface area contributed by atoms with Gasteiger partial charge in [0.2, 0.25) is 0 Å². The molecule has 0 aromatic rings. The van der Waals surface area contributed by atoms with E-state index in [2.05, 4.69) is 6.58 Å². The molecule has 2 nitrogen and oxygen atoms in total. The molecule has 1 unspecified atom stereocenters. The van der Waals surface area contributed by atoms with E-state index in [0.29, 0.717) is 5.70 Å². The van der Waals surface area contributed by atoms with Crippen LogP contribution in [0.2, 0.25) is 0 Å². The van der Waals surface area contributed by atoms with E-state index < -0.39 is 0 Å². The van der Waals surface area contributed by atoms with Crippen molar-refractivity contribution in [1.82, 2.24) is 0 Å². The summed E-state index contributed by atoms with van der Waals surface area (Å²) in [6.07, 6.45) is -0.0556. The minimum atomic E-state index is -0.137. The van der Waals surface area contributed by atoms with Crippen LogP contribution in [0.25, 0.3) is 0 Å². The molecule has 10 heavy (non-hydrogen) atoms. The average molecular weight is 143 g/mol. The molecule has 0 aromatic heterocycles. The molecule has 2 heteroatoms. The predicted octanol–water partition coefficient (Wildman–Crippen LogP) is 1.66. The van der Waals surface area contributed by atoms with Crippen molar-refractivity contribution in [2.75, 3.05) is 0 Å². The smallest absolute Gasteiger partial charge is 0.0940 e. The molecule has 0 rings (SSSR count). The highest BCUT2D eigenvalue weighted by Crippen LogP contribution is 2.12. The van der Waals surface area contributed by atoms with Crippen molar-refractivity contribution in [3.8, 4) is 0 Å². The summed E-state index contributed by atoms with van der Waals surface area (Å²) in [4.78, 5) is 0. The van der Waals surface area contributed by atoms with Gasteiger partial charge < -0.3 is 10.5 Å². The molecule has 0 saturated carbocycles. The summed E-state index contributed by atoms with van der Waals surface area (Å²) in [7, 11) is 0. The Kier molecular flexibility index (Phi) is 2.91. The zero-order valence-electron chi connectivity index (χ0n) is 7.27. The van der Waals surface area contributed by atoms with Gasteiger partial charge in [-0.15, -0.1) is 0 Å². The van der Waals surface area contributed by atoms with Gasteiger partial charge in [0.25, 0.3) is 0 Å². The highest BCUT2D eigenvalue weighted by atomic mass is 16.5. The molecule has 2 N–H and O–H groups in total. The van der Waals surface area contributed by atoms with Gasteiger partial charge in [-0.25, -0.2) is 0 Å². The first kappa shape index (κ1) is 9.50. The first-order chi connectivity index (χ1) is 4.33. The molecule has 0 saturated heterocycles. The number of rotatable bonds is 2. The Morgan fingerprint density at radius 2 is 1.90 bits per heavy atom. The highest BCUT2D eigenvalue weighted by molar-refractivity contribution is 4.94. The van der Waals surface area contributed by atoms with Gasteiger partial charge in [0.05, 0.1) is 11.7 Å². The molecular weight excluding hydrogens is 126 g/mol. The Bertz CT molecular complexity index is 124. The summed E-state index contributed by atoms with van der Waals surface area (Å²) in [6, 6.07) is 0. The quantitative estimate of drug-likeness (QED) is 0.638. The minimum Gasteiger partial charge on any atom is -0.400 e. The lowest BCUT2D eigenvalue weighted by atomic mass is 10.2. The van der Waals surface area contributed by atoms with E-state index in [4.69, 9.17) is 10.5 Å². The van der Waals surface area contributed by atoms with Crippen molar-refractivity contribution >= 4 is 0 Å². The molecule has 0 fully saturated rings. The summed E-state index contributed by atoms with van der Waals surface area (Å²) in [5, 5.41) is 0. The van der Waals surface area contributed by atoms with Crippen LogP contribution in [-0.4, -0.2) is 11.7 Å². The standard InChI is InChI=1S/C8H17NO/c1-6(9)7(2)10-8(3,4)5/h7H,1,9H2,2-5H3. The molecule has 60 valence electrons. The van der Waals surface area contributed by atoms with Gasteiger partial charge in [-0.1, -0.05) is 6.58 Å². The van der Waals surface area contributed by atoms with Crippen LogP contribution in [0.1, 0.15) is 27.7 Å². The Balaban J connectivity index is 3.80. The number of nitrogens with two attached hydrogens (primary N) is 1. The second-order valence-electron chi connectivity index (χ2n) is 3.45. The van der Waals surface area contributed by atoms with E-state index in [0.717, 1.165) is 0 Å². The molecular formula is C8H17NO. The largest absolute Gasteiger partial charge is 0.400 e. The maximum Gasteiger partial charge on any atom is 0.0940 e. The third-order valence-corrected chi connectivity index (χ3v) is 1.05. The van der Waals surface area contributed by atoms with Crippen LogP contribution in [-0.2, 0) is 4.74 Å². The maximum absolute atomic E-state index is 5.47.